The molecule has 0 fully saturated rings. The molecule has 0 spiro atoms. The van der Waals surface area contributed by atoms with Gasteiger partial charge in [0.05, 0.1) is 15.5 Å². The van der Waals surface area contributed by atoms with Crippen LogP contribution >= 0.6 is 11.8 Å². The standard InChI is InChI=1S/C9H16O2S2/c1-6(8(3)10)5-7(2)9(12-4)13-11/h6-7H,5H2,1-4H3. The second-order valence-electron chi connectivity index (χ2n) is 3.25. The van der Waals surface area contributed by atoms with Gasteiger partial charge in [0, 0.05) is 11.8 Å². The molecule has 2 unspecified atom stereocenters. The Morgan fingerprint density at radius 2 is 1.85 bits per heavy atom. The first-order valence-corrected chi connectivity index (χ1v) is 6.20. The Labute approximate surface area is 87.6 Å². The van der Waals surface area contributed by atoms with E-state index in [9.17, 15) is 9.00 Å². The lowest BCUT2D eigenvalue weighted by molar-refractivity contribution is -0.120. The van der Waals surface area contributed by atoms with Gasteiger partial charge in [-0.15, -0.1) is 11.8 Å². The Morgan fingerprint density at radius 1 is 1.31 bits per heavy atom. The van der Waals surface area contributed by atoms with E-state index >= 15 is 0 Å². The minimum Gasteiger partial charge on any atom is -0.300 e. The summed E-state index contributed by atoms with van der Waals surface area (Å²) in [5.41, 5.74) is 0. The van der Waals surface area contributed by atoms with Crippen LogP contribution in [-0.4, -0.2) is 20.4 Å². The summed E-state index contributed by atoms with van der Waals surface area (Å²) in [5.74, 6) is 0.476. The summed E-state index contributed by atoms with van der Waals surface area (Å²) in [6, 6.07) is 0. The molecule has 76 valence electrons. The summed E-state index contributed by atoms with van der Waals surface area (Å²) >= 11 is 2.04. The Kier molecular flexibility index (Phi) is 6.33. The van der Waals surface area contributed by atoms with Gasteiger partial charge in [0.1, 0.15) is 5.78 Å². The van der Waals surface area contributed by atoms with Crippen LogP contribution in [0, 0.1) is 11.8 Å². The maximum absolute atomic E-state index is 11.0. The van der Waals surface area contributed by atoms with Gasteiger partial charge in [-0.25, -0.2) is 4.21 Å². The van der Waals surface area contributed by atoms with Crippen LogP contribution in [0.5, 0.6) is 0 Å². The van der Waals surface area contributed by atoms with Crippen molar-refractivity contribution in [3.8, 4) is 0 Å². The number of Topliss-reactive ketones (excluding diaryl/α,β-unsaturated/α-hetero) is 1. The number of hydrogen-bond donors (Lipinski definition) is 0. The van der Waals surface area contributed by atoms with Gasteiger partial charge in [-0.05, 0) is 19.6 Å². The lowest BCUT2D eigenvalue weighted by atomic mass is 9.96. The van der Waals surface area contributed by atoms with Crippen LogP contribution in [0.15, 0.2) is 0 Å². The zero-order chi connectivity index (χ0) is 10.4. The molecule has 0 aliphatic carbocycles. The minimum atomic E-state index is 0.0595. The van der Waals surface area contributed by atoms with E-state index in [1.54, 1.807) is 6.92 Å². The molecule has 0 saturated carbocycles. The third-order valence-corrected chi connectivity index (χ3v) is 4.16. The van der Waals surface area contributed by atoms with Crippen LogP contribution in [0.1, 0.15) is 27.2 Å². The van der Waals surface area contributed by atoms with E-state index in [1.807, 2.05) is 20.1 Å². The van der Waals surface area contributed by atoms with E-state index in [0.717, 1.165) is 10.6 Å². The zero-order valence-electron chi connectivity index (χ0n) is 8.49. The Morgan fingerprint density at radius 3 is 2.15 bits per heavy atom. The molecule has 0 aromatic carbocycles. The average Bonchev–Trinajstić information content (AvgIpc) is 2.06. The van der Waals surface area contributed by atoms with E-state index in [2.05, 4.69) is 0 Å². The number of ketones is 1. The van der Waals surface area contributed by atoms with Gasteiger partial charge in [0.25, 0.3) is 0 Å². The van der Waals surface area contributed by atoms with Crippen molar-refractivity contribution in [1.29, 1.82) is 0 Å². The van der Waals surface area contributed by atoms with Crippen molar-refractivity contribution in [1.82, 2.24) is 0 Å². The molecule has 0 aromatic heterocycles. The highest BCUT2D eigenvalue weighted by atomic mass is 32.2. The van der Waals surface area contributed by atoms with Gasteiger partial charge in [0.2, 0.25) is 0 Å². The first kappa shape index (κ1) is 12.9. The highest BCUT2D eigenvalue weighted by Crippen LogP contribution is 2.18. The van der Waals surface area contributed by atoms with Gasteiger partial charge in [-0.2, -0.15) is 0 Å². The van der Waals surface area contributed by atoms with Crippen LogP contribution in [0.25, 0.3) is 0 Å². The van der Waals surface area contributed by atoms with Crippen molar-refractivity contribution in [3.05, 3.63) is 0 Å². The molecule has 4 heteroatoms. The fraction of sp³-hybridized carbons (Fsp3) is 0.778. The van der Waals surface area contributed by atoms with Crippen LogP contribution in [0.4, 0.5) is 0 Å². The fourth-order valence-electron chi connectivity index (χ4n) is 1.11. The van der Waals surface area contributed by atoms with Gasteiger partial charge < -0.3 is 0 Å². The number of hydrogen-bond acceptors (Lipinski definition) is 3. The zero-order valence-corrected chi connectivity index (χ0v) is 10.1. The predicted octanol–water partition coefficient (Wildman–Crippen LogP) is 1.94. The largest absolute Gasteiger partial charge is 0.300 e. The third kappa shape index (κ3) is 4.62. The third-order valence-electron chi connectivity index (χ3n) is 2.09. The lowest BCUT2D eigenvalue weighted by Crippen LogP contribution is -2.15. The Hall–Kier alpha value is -0.0900. The fourth-order valence-corrected chi connectivity index (χ4v) is 2.14. The molecule has 0 amide bonds. The molecule has 0 saturated heterocycles. The highest BCUT2D eigenvalue weighted by molar-refractivity contribution is 8.20. The summed E-state index contributed by atoms with van der Waals surface area (Å²) < 4.78 is 11.5. The molecule has 0 heterocycles. The van der Waals surface area contributed by atoms with Crippen LogP contribution in [0.3, 0.4) is 0 Å². The van der Waals surface area contributed by atoms with Crippen molar-refractivity contribution in [3.63, 3.8) is 0 Å². The first-order chi connectivity index (χ1) is 6.02. The second kappa shape index (κ2) is 6.38. The SMILES string of the molecule is CSC(=S=O)C(C)CC(C)C(C)=O. The molecule has 13 heavy (non-hydrogen) atoms. The van der Waals surface area contributed by atoms with E-state index in [-0.39, 0.29) is 17.6 Å². The summed E-state index contributed by atoms with van der Waals surface area (Å²) in [7, 11) is 0. The maximum atomic E-state index is 11.0. The summed E-state index contributed by atoms with van der Waals surface area (Å²) in [6.45, 7) is 5.50. The smallest absolute Gasteiger partial charge is 0.132 e. The van der Waals surface area contributed by atoms with E-state index < -0.39 is 0 Å². The second-order valence-corrected chi connectivity index (χ2v) is 4.97. The molecule has 0 aliphatic heterocycles. The van der Waals surface area contributed by atoms with Crippen molar-refractivity contribution < 1.29 is 9.00 Å². The highest BCUT2D eigenvalue weighted by Gasteiger charge is 2.16. The van der Waals surface area contributed by atoms with Crippen LogP contribution in [0.2, 0.25) is 0 Å². The quantitative estimate of drug-likeness (QED) is 0.679. The van der Waals surface area contributed by atoms with Crippen molar-refractivity contribution in [2.75, 3.05) is 6.26 Å². The summed E-state index contributed by atoms with van der Waals surface area (Å²) in [4.78, 5) is 11.0. The number of carbonyl (C=O) groups is 1. The van der Waals surface area contributed by atoms with Crippen molar-refractivity contribution >= 4 is 33.0 Å². The lowest BCUT2D eigenvalue weighted by Gasteiger charge is -2.13. The van der Waals surface area contributed by atoms with Gasteiger partial charge in [-0.1, -0.05) is 13.8 Å². The summed E-state index contributed by atoms with van der Waals surface area (Å²) in [5, 5.41) is 0. The van der Waals surface area contributed by atoms with Gasteiger partial charge in [-0.3, -0.25) is 4.79 Å². The van der Waals surface area contributed by atoms with Crippen LogP contribution < -0.4 is 0 Å². The maximum Gasteiger partial charge on any atom is 0.132 e. The number of carbonyl (C=O) groups excluding carboxylic acids is 1. The van der Waals surface area contributed by atoms with Crippen LogP contribution in [-0.2, 0) is 16.1 Å². The van der Waals surface area contributed by atoms with E-state index in [4.69, 9.17) is 0 Å². The van der Waals surface area contributed by atoms with E-state index in [1.165, 1.54) is 11.8 Å². The average molecular weight is 220 g/mol. The Balaban J connectivity index is 4.21. The number of thioether (sulfide) groups is 1. The van der Waals surface area contributed by atoms with Crippen molar-refractivity contribution in [2.45, 2.75) is 27.2 Å². The molecule has 0 radical (unpaired) electrons. The number of rotatable bonds is 4. The predicted molar refractivity (Wildman–Crippen MR) is 60.3 cm³/mol. The van der Waals surface area contributed by atoms with Gasteiger partial charge >= 0.3 is 0 Å². The Bertz CT molecular complexity index is 232. The normalized spacial score (nSPS) is 14.8. The first-order valence-electron chi connectivity index (χ1n) is 4.24. The molecule has 2 nitrogen and oxygen atoms in total. The monoisotopic (exact) mass is 220 g/mol. The van der Waals surface area contributed by atoms with Crippen molar-refractivity contribution in [2.24, 2.45) is 11.8 Å². The van der Waals surface area contributed by atoms with Gasteiger partial charge in [0.15, 0.2) is 0 Å². The summed E-state index contributed by atoms with van der Waals surface area (Å²) in [6.07, 6.45) is 2.68. The van der Waals surface area contributed by atoms with E-state index in [0.29, 0.717) is 11.3 Å². The molecule has 0 N–H and O–H groups in total. The molecular formula is C9H16O2S2. The molecule has 0 rings (SSSR count). The molecule has 0 aromatic rings. The topological polar surface area (TPSA) is 34.1 Å². The molecule has 0 aliphatic rings. The molecule has 2 atom stereocenters. The minimum absolute atomic E-state index is 0.0595. The molecular weight excluding hydrogens is 204 g/mol. The molecule has 0 bridgehead atoms.